The zero-order valence-corrected chi connectivity index (χ0v) is 14.4. The lowest BCUT2D eigenvalue weighted by Crippen LogP contribution is -2.48. The molecular formula is C18H22N2O2S. The van der Waals surface area contributed by atoms with Gasteiger partial charge in [0, 0.05) is 31.7 Å². The number of rotatable bonds is 4. The molecule has 1 aliphatic heterocycles. The zero-order valence-electron chi connectivity index (χ0n) is 13.6. The molecule has 1 saturated heterocycles. The Bertz CT molecular complexity index is 658. The van der Waals surface area contributed by atoms with Gasteiger partial charge in [0.2, 0.25) is 0 Å². The number of thiocarbonyl (C=S) groups is 1. The van der Waals surface area contributed by atoms with E-state index in [0.29, 0.717) is 0 Å². The van der Waals surface area contributed by atoms with Crippen LogP contribution in [0.3, 0.4) is 0 Å². The fourth-order valence-corrected chi connectivity index (χ4v) is 3.08. The van der Waals surface area contributed by atoms with Gasteiger partial charge in [0.05, 0.1) is 7.11 Å². The third-order valence-electron chi connectivity index (χ3n) is 4.30. The average Bonchev–Trinajstić information content (AvgIpc) is 3.11. The first kappa shape index (κ1) is 16.0. The van der Waals surface area contributed by atoms with Gasteiger partial charge in [-0.1, -0.05) is 19.1 Å². The molecule has 0 N–H and O–H groups in total. The maximum atomic E-state index is 5.97. The van der Waals surface area contributed by atoms with Gasteiger partial charge in [-0.05, 0) is 42.9 Å². The second-order valence-corrected chi connectivity index (χ2v) is 6.01. The molecule has 1 aromatic heterocycles. The first-order valence-corrected chi connectivity index (χ1v) is 8.38. The molecule has 2 heterocycles. The summed E-state index contributed by atoms with van der Waals surface area (Å²) in [5, 5.41) is 0. The lowest BCUT2D eigenvalue weighted by atomic mass is 10.2. The number of benzene rings is 1. The normalized spacial score (nSPS) is 15.7. The van der Waals surface area contributed by atoms with Crippen molar-refractivity contribution in [2.75, 3.05) is 39.8 Å². The van der Waals surface area contributed by atoms with E-state index < -0.39 is 0 Å². The highest BCUT2D eigenvalue weighted by Crippen LogP contribution is 2.25. The average molecular weight is 330 g/mol. The summed E-state index contributed by atoms with van der Waals surface area (Å²) >= 11 is 5.61. The van der Waals surface area contributed by atoms with Crippen molar-refractivity contribution in [2.24, 2.45) is 0 Å². The van der Waals surface area contributed by atoms with Crippen LogP contribution in [0.1, 0.15) is 12.7 Å². The van der Waals surface area contributed by atoms with Gasteiger partial charge in [-0.2, -0.15) is 0 Å². The quantitative estimate of drug-likeness (QED) is 0.803. The molecule has 0 bridgehead atoms. The van der Waals surface area contributed by atoms with Crippen molar-refractivity contribution in [3.63, 3.8) is 0 Å². The summed E-state index contributed by atoms with van der Waals surface area (Å²) < 4.78 is 11.2. The lowest BCUT2D eigenvalue weighted by molar-refractivity contribution is 0.191. The van der Waals surface area contributed by atoms with E-state index in [2.05, 4.69) is 16.7 Å². The molecule has 1 aliphatic rings. The molecule has 23 heavy (non-hydrogen) atoms. The Morgan fingerprint density at radius 3 is 2.39 bits per heavy atom. The summed E-state index contributed by atoms with van der Waals surface area (Å²) in [5.41, 5.74) is 1.02. The van der Waals surface area contributed by atoms with Crippen LogP contribution in [-0.4, -0.2) is 54.6 Å². The number of furan rings is 1. The van der Waals surface area contributed by atoms with Crippen LogP contribution in [0.5, 0.6) is 5.75 Å². The third kappa shape index (κ3) is 3.57. The largest absolute Gasteiger partial charge is 0.497 e. The predicted octanol–water partition coefficient (Wildman–Crippen LogP) is 3.27. The van der Waals surface area contributed by atoms with Crippen LogP contribution in [0.4, 0.5) is 0 Å². The number of likely N-dealkylation sites (N-methyl/N-ethyl adjacent to an activating group) is 1. The van der Waals surface area contributed by atoms with E-state index in [1.54, 1.807) is 7.11 Å². The van der Waals surface area contributed by atoms with Gasteiger partial charge >= 0.3 is 0 Å². The van der Waals surface area contributed by atoms with E-state index in [-0.39, 0.29) is 0 Å². The van der Waals surface area contributed by atoms with Crippen LogP contribution in [-0.2, 0) is 0 Å². The predicted molar refractivity (Wildman–Crippen MR) is 96.1 cm³/mol. The number of ether oxygens (including phenoxy) is 1. The van der Waals surface area contributed by atoms with E-state index >= 15 is 0 Å². The minimum Gasteiger partial charge on any atom is -0.497 e. The first-order valence-electron chi connectivity index (χ1n) is 7.97. The zero-order chi connectivity index (χ0) is 16.2. The Morgan fingerprint density at radius 1 is 1.09 bits per heavy atom. The number of hydrogen-bond donors (Lipinski definition) is 0. The minimum atomic E-state index is 0.774. The Kier molecular flexibility index (Phi) is 4.98. The minimum absolute atomic E-state index is 0.774. The second kappa shape index (κ2) is 7.15. The van der Waals surface area contributed by atoms with Crippen LogP contribution in [0.2, 0.25) is 0 Å². The standard InChI is InChI=1S/C18H22N2O2S/c1-3-19-10-12-20(13-11-19)18(23)17-9-8-16(22-17)14-4-6-15(21-2)7-5-14/h4-9H,3,10-13H2,1-2H3. The number of hydrogen-bond acceptors (Lipinski definition) is 4. The molecule has 0 spiro atoms. The number of nitrogens with zero attached hydrogens (tertiary/aromatic N) is 2. The van der Waals surface area contributed by atoms with Gasteiger partial charge in [0.25, 0.3) is 0 Å². The monoisotopic (exact) mass is 330 g/mol. The third-order valence-corrected chi connectivity index (χ3v) is 4.76. The van der Waals surface area contributed by atoms with Crippen molar-refractivity contribution in [3.8, 4) is 17.1 Å². The molecule has 0 unspecified atom stereocenters. The SMILES string of the molecule is CCN1CCN(C(=S)c2ccc(-c3ccc(OC)cc3)o2)CC1. The van der Waals surface area contributed by atoms with E-state index in [1.165, 1.54) is 0 Å². The van der Waals surface area contributed by atoms with Gasteiger partial charge in [-0.3, -0.25) is 0 Å². The second-order valence-electron chi connectivity index (χ2n) is 5.62. The smallest absolute Gasteiger partial charge is 0.162 e. The van der Waals surface area contributed by atoms with Crippen molar-refractivity contribution in [2.45, 2.75) is 6.92 Å². The molecule has 5 heteroatoms. The highest BCUT2D eigenvalue weighted by molar-refractivity contribution is 7.80. The summed E-state index contributed by atoms with van der Waals surface area (Å²) in [6.45, 7) is 7.34. The molecule has 0 radical (unpaired) electrons. The fraction of sp³-hybridized carbons (Fsp3) is 0.389. The van der Waals surface area contributed by atoms with Crippen LogP contribution in [0.15, 0.2) is 40.8 Å². The van der Waals surface area contributed by atoms with Crippen LogP contribution in [0, 0.1) is 0 Å². The fourth-order valence-electron chi connectivity index (χ4n) is 2.79. The Morgan fingerprint density at radius 2 is 1.78 bits per heavy atom. The van der Waals surface area contributed by atoms with Crippen LogP contribution < -0.4 is 4.74 Å². The Hall–Kier alpha value is -1.85. The van der Waals surface area contributed by atoms with Gasteiger partial charge in [0.15, 0.2) is 5.76 Å². The highest BCUT2D eigenvalue weighted by Gasteiger charge is 2.20. The van der Waals surface area contributed by atoms with E-state index in [1.807, 2.05) is 36.4 Å². The maximum Gasteiger partial charge on any atom is 0.162 e. The molecule has 0 saturated carbocycles. The van der Waals surface area contributed by atoms with Gasteiger partial charge in [-0.25, -0.2) is 0 Å². The van der Waals surface area contributed by atoms with Crippen LogP contribution in [0.25, 0.3) is 11.3 Å². The molecule has 1 aromatic carbocycles. The lowest BCUT2D eigenvalue weighted by Gasteiger charge is -2.35. The van der Waals surface area contributed by atoms with Crippen molar-refractivity contribution in [1.29, 1.82) is 0 Å². The molecule has 4 nitrogen and oxygen atoms in total. The topological polar surface area (TPSA) is 28.9 Å². The summed E-state index contributed by atoms with van der Waals surface area (Å²) in [7, 11) is 1.66. The first-order chi connectivity index (χ1) is 11.2. The molecule has 2 aromatic rings. The van der Waals surface area contributed by atoms with Crippen molar-refractivity contribution < 1.29 is 9.15 Å². The molecule has 0 amide bonds. The summed E-state index contributed by atoms with van der Waals surface area (Å²) in [5.74, 6) is 2.44. The number of methoxy groups -OCH3 is 1. The van der Waals surface area contributed by atoms with E-state index in [4.69, 9.17) is 21.4 Å². The Labute approximate surface area is 142 Å². The molecule has 3 rings (SSSR count). The molecule has 0 aliphatic carbocycles. The van der Waals surface area contributed by atoms with Gasteiger partial charge in [-0.15, -0.1) is 0 Å². The van der Waals surface area contributed by atoms with Crippen molar-refractivity contribution >= 4 is 17.2 Å². The van der Waals surface area contributed by atoms with Crippen LogP contribution >= 0.6 is 12.2 Å². The molecule has 122 valence electrons. The summed E-state index contributed by atoms with van der Waals surface area (Å²) in [4.78, 5) is 5.47. The maximum absolute atomic E-state index is 5.97. The van der Waals surface area contributed by atoms with E-state index in [0.717, 1.165) is 60.5 Å². The van der Waals surface area contributed by atoms with Crippen molar-refractivity contribution in [3.05, 3.63) is 42.2 Å². The summed E-state index contributed by atoms with van der Waals surface area (Å²) in [6.07, 6.45) is 0. The molecular weight excluding hydrogens is 308 g/mol. The van der Waals surface area contributed by atoms with Gasteiger partial charge < -0.3 is 19.0 Å². The Balaban J connectivity index is 1.69. The van der Waals surface area contributed by atoms with Gasteiger partial charge in [0.1, 0.15) is 16.5 Å². The van der Waals surface area contributed by atoms with E-state index in [9.17, 15) is 0 Å². The highest BCUT2D eigenvalue weighted by atomic mass is 32.1. The summed E-state index contributed by atoms with van der Waals surface area (Å²) in [6, 6.07) is 11.8. The molecule has 1 fully saturated rings. The number of piperazine rings is 1. The molecule has 0 atom stereocenters. The van der Waals surface area contributed by atoms with Crippen molar-refractivity contribution in [1.82, 2.24) is 9.80 Å².